The SMILES string of the molecule is CC(C)c1ccc2[nH]c(C3CCCNC3)cc2c1. The van der Waals surface area contributed by atoms with E-state index in [0.717, 1.165) is 6.54 Å². The summed E-state index contributed by atoms with van der Waals surface area (Å²) in [5.74, 6) is 1.26. The number of hydrogen-bond acceptors (Lipinski definition) is 1. The molecule has 1 unspecified atom stereocenters. The molecule has 1 fully saturated rings. The number of nitrogens with one attached hydrogen (secondary N) is 2. The van der Waals surface area contributed by atoms with Crippen LogP contribution in [-0.2, 0) is 0 Å². The van der Waals surface area contributed by atoms with Crippen molar-refractivity contribution in [3.05, 3.63) is 35.5 Å². The Kier molecular flexibility index (Phi) is 3.13. The van der Waals surface area contributed by atoms with Gasteiger partial charge in [0.1, 0.15) is 0 Å². The number of aromatic nitrogens is 1. The smallest absolute Gasteiger partial charge is 0.0456 e. The highest BCUT2D eigenvalue weighted by Crippen LogP contribution is 2.28. The highest BCUT2D eigenvalue weighted by Gasteiger charge is 2.17. The van der Waals surface area contributed by atoms with E-state index in [4.69, 9.17) is 0 Å². The maximum Gasteiger partial charge on any atom is 0.0456 e. The van der Waals surface area contributed by atoms with Crippen molar-refractivity contribution in [1.82, 2.24) is 10.3 Å². The molecule has 1 aromatic carbocycles. The van der Waals surface area contributed by atoms with Crippen molar-refractivity contribution in [3.8, 4) is 0 Å². The van der Waals surface area contributed by atoms with E-state index < -0.39 is 0 Å². The summed E-state index contributed by atoms with van der Waals surface area (Å²) in [6.07, 6.45) is 2.59. The first-order chi connectivity index (χ1) is 8.74. The van der Waals surface area contributed by atoms with Crippen LogP contribution in [0.15, 0.2) is 24.3 Å². The molecule has 2 heteroatoms. The van der Waals surface area contributed by atoms with Crippen LogP contribution >= 0.6 is 0 Å². The second kappa shape index (κ2) is 4.77. The van der Waals surface area contributed by atoms with Gasteiger partial charge in [0.05, 0.1) is 0 Å². The molecule has 96 valence electrons. The Morgan fingerprint density at radius 3 is 2.83 bits per heavy atom. The zero-order valence-corrected chi connectivity index (χ0v) is 11.3. The molecule has 3 rings (SSSR count). The lowest BCUT2D eigenvalue weighted by atomic mass is 9.96. The molecular formula is C16H22N2. The summed E-state index contributed by atoms with van der Waals surface area (Å²) in [6, 6.07) is 9.14. The number of benzene rings is 1. The maximum absolute atomic E-state index is 3.59. The third-order valence-corrected chi connectivity index (χ3v) is 4.07. The van der Waals surface area contributed by atoms with Gasteiger partial charge in [0.25, 0.3) is 0 Å². The molecule has 0 aliphatic carbocycles. The van der Waals surface area contributed by atoms with Crippen LogP contribution in [0.25, 0.3) is 10.9 Å². The second-order valence-corrected chi connectivity index (χ2v) is 5.77. The van der Waals surface area contributed by atoms with E-state index in [1.165, 1.54) is 41.5 Å². The fourth-order valence-electron chi connectivity index (χ4n) is 2.87. The third-order valence-electron chi connectivity index (χ3n) is 4.07. The molecular weight excluding hydrogens is 220 g/mol. The zero-order valence-electron chi connectivity index (χ0n) is 11.3. The fourth-order valence-corrected chi connectivity index (χ4v) is 2.87. The first-order valence-electron chi connectivity index (χ1n) is 7.07. The molecule has 0 spiro atoms. The van der Waals surface area contributed by atoms with Gasteiger partial charge in [0.15, 0.2) is 0 Å². The van der Waals surface area contributed by atoms with Crippen molar-refractivity contribution >= 4 is 10.9 Å². The highest BCUT2D eigenvalue weighted by molar-refractivity contribution is 5.81. The minimum atomic E-state index is 0.601. The summed E-state index contributed by atoms with van der Waals surface area (Å²) < 4.78 is 0. The summed E-state index contributed by atoms with van der Waals surface area (Å²) in [6.45, 7) is 6.79. The first-order valence-corrected chi connectivity index (χ1v) is 7.07. The van der Waals surface area contributed by atoms with Crippen LogP contribution < -0.4 is 5.32 Å². The molecule has 0 radical (unpaired) electrons. The van der Waals surface area contributed by atoms with E-state index in [2.05, 4.69) is 48.4 Å². The van der Waals surface area contributed by atoms with Gasteiger partial charge in [-0.1, -0.05) is 19.9 Å². The molecule has 2 heterocycles. The molecule has 0 bridgehead atoms. The molecule has 18 heavy (non-hydrogen) atoms. The monoisotopic (exact) mass is 242 g/mol. The van der Waals surface area contributed by atoms with Crippen molar-refractivity contribution in [2.45, 2.75) is 38.5 Å². The fraction of sp³-hybridized carbons (Fsp3) is 0.500. The molecule has 0 saturated carbocycles. The van der Waals surface area contributed by atoms with Crippen LogP contribution in [0, 0.1) is 0 Å². The van der Waals surface area contributed by atoms with Gasteiger partial charge < -0.3 is 10.3 Å². The van der Waals surface area contributed by atoms with Gasteiger partial charge in [-0.2, -0.15) is 0 Å². The van der Waals surface area contributed by atoms with Crippen molar-refractivity contribution in [2.24, 2.45) is 0 Å². The normalized spacial score (nSPS) is 20.7. The quantitative estimate of drug-likeness (QED) is 0.824. The van der Waals surface area contributed by atoms with Gasteiger partial charge in [-0.15, -0.1) is 0 Å². The summed E-state index contributed by atoms with van der Waals surface area (Å²) in [5, 5.41) is 4.85. The summed E-state index contributed by atoms with van der Waals surface area (Å²) >= 11 is 0. The van der Waals surface area contributed by atoms with Crippen molar-refractivity contribution in [2.75, 3.05) is 13.1 Å². The molecule has 2 aromatic rings. The van der Waals surface area contributed by atoms with Crippen molar-refractivity contribution in [3.63, 3.8) is 0 Å². The molecule has 0 amide bonds. The van der Waals surface area contributed by atoms with E-state index in [-0.39, 0.29) is 0 Å². The van der Waals surface area contributed by atoms with Crippen LogP contribution in [0.2, 0.25) is 0 Å². The van der Waals surface area contributed by atoms with Crippen LogP contribution in [-0.4, -0.2) is 18.1 Å². The molecule has 1 aliphatic heterocycles. The first kappa shape index (κ1) is 11.8. The molecule has 1 saturated heterocycles. The minimum Gasteiger partial charge on any atom is -0.358 e. The number of H-pyrrole nitrogens is 1. The maximum atomic E-state index is 3.59. The molecule has 2 N–H and O–H groups in total. The summed E-state index contributed by atoms with van der Waals surface area (Å²) in [4.78, 5) is 3.59. The second-order valence-electron chi connectivity index (χ2n) is 5.77. The molecule has 1 aromatic heterocycles. The average Bonchev–Trinajstić information content (AvgIpc) is 2.82. The van der Waals surface area contributed by atoms with E-state index in [1.807, 2.05) is 0 Å². The molecule has 1 atom stereocenters. The Bertz CT molecular complexity index is 533. The molecule has 1 aliphatic rings. The van der Waals surface area contributed by atoms with Crippen LogP contribution in [0.4, 0.5) is 0 Å². The lowest BCUT2D eigenvalue weighted by Gasteiger charge is -2.21. The van der Waals surface area contributed by atoms with Crippen molar-refractivity contribution < 1.29 is 0 Å². The number of hydrogen-bond donors (Lipinski definition) is 2. The zero-order chi connectivity index (χ0) is 12.5. The average molecular weight is 242 g/mol. The number of rotatable bonds is 2. The Balaban J connectivity index is 1.94. The van der Waals surface area contributed by atoms with Crippen LogP contribution in [0.3, 0.4) is 0 Å². The predicted octanol–water partition coefficient (Wildman–Crippen LogP) is 3.76. The Morgan fingerprint density at radius 1 is 1.22 bits per heavy atom. The van der Waals surface area contributed by atoms with Crippen LogP contribution in [0.1, 0.15) is 49.8 Å². The highest BCUT2D eigenvalue weighted by atomic mass is 14.9. The van der Waals surface area contributed by atoms with Gasteiger partial charge in [-0.25, -0.2) is 0 Å². The number of fused-ring (bicyclic) bond motifs is 1. The van der Waals surface area contributed by atoms with E-state index in [1.54, 1.807) is 0 Å². The third kappa shape index (κ3) is 2.17. The van der Waals surface area contributed by atoms with E-state index in [9.17, 15) is 0 Å². The lowest BCUT2D eigenvalue weighted by molar-refractivity contribution is 0.456. The summed E-state index contributed by atoms with van der Waals surface area (Å²) in [7, 11) is 0. The summed E-state index contributed by atoms with van der Waals surface area (Å²) in [5.41, 5.74) is 4.10. The van der Waals surface area contributed by atoms with Gasteiger partial charge in [0, 0.05) is 23.7 Å². The molecule has 2 nitrogen and oxygen atoms in total. The predicted molar refractivity (Wildman–Crippen MR) is 77.2 cm³/mol. The Morgan fingerprint density at radius 2 is 2.11 bits per heavy atom. The Hall–Kier alpha value is -1.28. The topological polar surface area (TPSA) is 27.8 Å². The number of piperidine rings is 1. The lowest BCUT2D eigenvalue weighted by Crippen LogP contribution is -2.28. The van der Waals surface area contributed by atoms with Gasteiger partial charge >= 0.3 is 0 Å². The Labute approximate surface area is 109 Å². The van der Waals surface area contributed by atoms with Crippen LogP contribution in [0.5, 0.6) is 0 Å². The van der Waals surface area contributed by atoms with Crippen molar-refractivity contribution in [1.29, 1.82) is 0 Å². The standard InChI is InChI=1S/C16H22N2/c1-11(2)12-5-6-15-14(8-12)9-16(18-15)13-4-3-7-17-10-13/h5-6,8-9,11,13,17-18H,3-4,7,10H2,1-2H3. The number of aromatic amines is 1. The van der Waals surface area contributed by atoms with E-state index >= 15 is 0 Å². The minimum absolute atomic E-state index is 0.601. The van der Waals surface area contributed by atoms with Gasteiger partial charge in [-0.3, -0.25) is 0 Å². The largest absolute Gasteiger partial charge is 0.358 e. The van der Waals surface area contributed by atoms with Gasteiger partial charge in [-0.05, 0) is 54.5 Å². The van der Waals surface area contributed by atoms with E-state index in [0.29, 0.717) is 11.8 Å². The van der Waals surface area contributed by atoms with Gasteiger partial charge in [0.2, 0.25) is 0 Å².